The predicted octanol–water partition coefficient (Wildman–Crippen LogP) is 1.90. The van der Waals surface area contributed by atoms with Crippen LogP contribution in [0.15, 0.2) is 18.2 Å². The van der Waals surface area contributed by atoms with Gasteiger partial charge < -0.3 is 15.4 Å². The average molecular weight is 219 g/mol. The molecule has 0 spiro atoms. The quantitative estimate of drug-likeness (QED) is 0.808. The van der Waals surface area contributed by atoms with Crippen molar-refractivity contribution >= 4 is 23.0 Å². The van der Waals surface area contributed by atoms with Crippen molar-refractivity contribution in [1.82, 2.24) is 9.55 Å². The molecule has 0 bridgehead atoms. The van der Waals surface area contributed by atoms with Gasteiger partial charge in [0.15, 0.2) is 0 Å². The Labute approximate surface area is 92.5 Å². The smallest absolute Gasteiger partial charge is 0.335 e. The van der Waals surface area contributed by atoms with E-state index in [0.717, 1.165) is 11.0 Å². The summed E-state index contributed by atoms with van der Waals surface area (Å²) in [5, 5.41) is 8.92. The molecule has 0 amide bonds. The van der Waals surface area contributed by atoms with Crippen molar-refractivity contribution in [1.29, 1.82) is 0 Å². The Morgan fingerprint density at radius 2 is 2.19 bits per heavy atom. The molecular formula is C11H13N3O2. The molecule has 2 aromatic rings. The number of hydrogen-bond donors (Lipinski definition) is 2. The number of nitrogens with zero attached hydrogens (tertiary/aromatic N) is 2. The van der Waals surface area contributed by atoms with Crippen LogP contribution in [0.25, 0.3) is 11.0 Å². The van der Waals surface area contributed by atoms with Gasteiger partial charge in [-0.3, -0.25) is 0 Å². The van der Waals surface area contributed by atoms with Gasteiger partial charge in [0.25, 0.3) is 0 Å². The van der Waals surface area contributed by atoms with Gasteiger partial charge in [-0.1, -0.05) is 0 Å². The molecule has 16 heavy (non-hydrogen) atoms. The molecule has 0 aliphatic rings. The molecule has 0 aliphatic carbocycles. The van der Waals surface area contributed by atoms with E-state index in [1.165, 1.54) is 6.07 Å². The SMILES string of the molecule is CC(C)n1c(N)nc2ccc(C(=O)O)cc21. The number of nitrogens with two attached hydrogens (primary N) is 1. The van der Waals surface area contributed by atoms with E-state index in [0.29, 0.717) is 5.95 Å². The molecule has 0 atom stereocenters. The highest BCUT2D eigenvalue weighted by Gasteiger charge is 2.13. The van der Waals surface area contributed by atoms with Crippen molar-refractivity contribution in [2.45, 2.75) is 19.9 Å². The van der Waals surface area contributed by atoms with Crippen LogP contribution in [0.5, 0.6) is 0 Å². The highest BCUT2D eigenvalue weighted by atomic mass is 16.4. The number of anilines is 1. The molecule has 0 saturated heterocycles. The van der Waals surface area contributed by atoms with Gasteiger partial charge in [0.2, 0.25) is 5.95 Å². The van der Waals surface area contributed by atoms with Crippen LogP contribution in [-0.2, 0) is 0 Å². The lowest BCUT2D eigenvalue weighted by atomic mass is 10.2. The Bertz CT molecular complexity index is 558. The summed E-state index contributed by atoms with van der Waals surface area (Å²) in [5.74, 6) is -0.537. The summed E-state index contributed by atoms with van der Waals surface area (Å²) in [6, 6.07) is 4.95. The zero-order chi connectivity index (χ0) is 11.9. The zero-order valence-corrected chi connectivity index (χ0v) is 9.14. The van der Waals surface area contributed by atoms with E-state index in [9.17, 15) is 4.79 Å². The summed E-state index contributed by atoms with van der Waals surface area (Å²) in [4.78, 5) is 15.1. The van der Waals surface area contributed by atoms with Crippen molar-refractivity contribution in [3.8, 4) is 0 Å². The first-order chi connectivity index (χ1) is 7.50. The molecule has 5 heteroatoms. The number of fused-ring (bicyclic) bond motifs is 1. The average Bonchev–Trinajstić information content (AvgIpc) is 2.51. The van der Waals surface area contributed by atoms with Crippen LogP contribution in [0.1, 0.15) is 30.2 Å². The topological polar surface area (TPSA) is 81.1 Å². The Kier molecular flexibility index (Phi) is 2.30. The van der Waals surface area contributed by atoms with Crippen LogP contribution in [0.4, 0.5) is 5.95 Å². The summed E-state index contributed by atoms with van der Waals surface area (Å²) in [6.45, 7) is 3.95. The Morgan fingerprint density at radius 1 is 1.50 bits per heavy atom. The third kappa shape index (κ3) is 1.50. The van der Waals surface area contributed by atoms with Crippen molar-refractivity contribution in [3.05, 3.63) is 23.8 Å². The number of aromatic carboxylic acids is 1. The number of carbonyl (C=O) groups is 1. The first-order valence-electron chi connectivity index (χ1n) is 5.01. The fourth-order valence-electron chi connectivity index (χ4n) is 1.79. The lowest BCUT2D eigenvalue weighted by Crippen LogP contribution is -2.05. The molecule has 1 heterocycles. The molecule has 0 unspecified atom stereocenters. The second-order valence-corrected chi connectivity index (χ2v) is 3.94. The van der Waals surface area contributed by atoms with Crippen LogP contribution in [-0.4, -0.2) is 20.6 Å². The minimum Gasteiger partial charge on any atom is -0.478 e. The number of rotatable bonds is 2. The number of aromatic nitrogens is 2. The summed E-state index contributed by atoms with van der Waals surface area (Å²) in [5.41, 5.74) is 7.51. The van der Waals surface area contributed by atoms with E-state index >= 15 is 0 Å². The van der Waals surface area contributed by atoms with E-state index in [2.05, 4.69) is 4.98 Å². The molecular weight excluding hydrogens is 206 g/mol. The minimum absolute atomic E-state index is 0.147. The lowest BCUT2D eigenvalue weighted by Gasteiger charge is -2.10. The fourth-order valence-corrected chi connectivity index (χ4v) is 1.79. The van der Waals surface area contributed by atoms with Gasteiger partial charge in [-0.05, 0) is 32.0 Å². The normalized spacial score (nSPS) is 11.2. The lowest BCUT2D eigenvalue weighted by molar-refractivity contribution is 0.0697. The molecule has 3 N–H and O–H groups in total. The zero-order valence-electron chi connectivity index (χ0n) is 9.14. The van der Waals surface area contributed by atoms with Gasteiger partial charge in [-0.2, -0.15) is 0 Å². The molecule has 0 fully saturated rings. The summed E-state index contributed by atoms with van der Waals surface area (Å²) < 4.78 is 1.82. The molecule has 0 radical (unpaired) electrons. The highest BCUT2D eigenvalue weighted by molar-refractivity contribution is 5.93. The summed E-state index contributed by atoms with van der Waals surface area (Å²) >= 11 is 0. The van der Waals surface area contributed by atoms with E-state index < -0.39 is 5.97 Å². The standard InChI is InChI=1S/C11H13N3O2/c1-6(2)14-9-5-7(10(15)16)3-4-8(9)13-11(14)12/h3-6H,1-2H3,(H2,12,13)(H,15,16). The molecule has 2 rings (SSSR count). The van der Waals surface area contributed by atoms with Crippen LogP contribution >= 0.6 is 0 Å². The van der Waals surface area contributed by atoms with Crippen molar-refractivity contribution in [2.24, 2.45) is 0 Å². The number of hydrogen-bond acceptors (Lipinski definition) is 3. The Balaban J connectivity index is 2.74. The third-order valence-corrected chi connectivity index (χ3v) is 2.48. The number of carboxylic acids is 1. The van der Waals surface area contributed by atoms with Crippen LogP contribution in [0, 0.1) is 0 Å². The van der Waals surface area contributed by atoms with Gasteiger partial charge in [-0.25, -0.2) is 9.78 Å². The van der Waals surface area contributed by atoms with Crippen molar-refractivity contribution in [2.75, 3.05) is 5.73 Å². The van der Waals surface area contributed by atoms with Gasteiger partial charge >= 0.3 is 5.97 Å². The first-order valence-corrected chi connectivity index (χ1v) is 5.01. The van der Waals surface area contributed by atoms with Gasteiger partial charge in [0, 0.05) is 6.04 Å². The number of imidazole rings is 1. The maximum absolute atomic E-state index is 10.9. The van der Waals surface area contributed by atoms with Crippen molar-refractivity contribution < 1.29 is 9.90 Å². The van der Waals surface area contributed by atoms with Crippen LogP contribution in [0.3, 0.4) is 0 Å². The molecule has 84 valence electrons. The highest BCUT2D eigenvalue weighted by Crippen LogP contribution is 2.23. The molecule has 0 aliphatic heterocycles. The minimum atomic E-state index is -0.947. The Hall–Kier alpha value is -2.04. The maximum Gasteiger partial charge on any atom is 0.335 e. The van der Waals surface area contributed by atoms with Gasteiger partial charge in [-0.15, -0.1) is 0 Å². The third-order valence-electron chi connectivity index (χ3n) is 2.48. The summed E-state index contributed by atoms with van der Waals surface area (Å²) in [7, 11) is 0. The van der Waals surface area contributed by atoms with E-state index in [-0.39, 0.29) is 11.6 Å². The molecule has 1 aromatic heterocycles. The fraction of sp³-hybridized carbons (Fsp3) is 0.273. The maximum atomic E-state index is 10.9. The van der Waals surface area contributed by atoms with Gasteiger partial charge in [0.05, 0.1) is 16.6 Å². The second kappa shape index (κ2) is 3.52. The predicted molar refractivity (Wildman–Crippen MR) is 61.5 cm³/mol. The first kappa shape index (κ1) is 10.5. The Morgan fingerprint density at radius 3 is 2.75 bits per heavy atom. The monoisotopic (exact) mass is 219 g/mol. The van der Waals surface area contributed by atoms with Crippen molar-refractivity contribution in [3.63, 3.8) is 0 Å². The number of nitrogen functional groups attached to an aromatic ring is 1. The summed E-state index contributed by atoms with van der Waals surface area (Å²) in [6.07, 6.45) is 0. The second-order valence-electron chi connectivity index (χ2n) is 3.94. The van der Waals surface area contributed by atoms with E-state index in [1.54, 1.807) is 12.1 Å². The van der Waals surface area contributed by atoms with Crippen LogP contribution < -0.4 is 5.73 Å². The largest absolute Gasteiger partial charge is 0.478 e. The molecule has 5 nitrogen and oxygen atoms in total. The number of carboxylic acid groups (broad SMARTS) is 1. The number of benzene rings is 1. The molecule has 0 saturated carbocycles. The van der Waals surface area contributed by atoms with Crippen LogP contribution in [0.2, 0.25) is 0 Å². The van der Waals surface area contributed by atoms with E-state index in [4.69, 9.17) is 10.8 Å². The van der Waals surface area contributed by atoms with E-state index in [1.807, 2.05) is 18.4 Å². The molecule has 1 aromatic carbocycles. The van der Waals surface area contributed by atoms with Gasteiger partial charge in [0.1, 0.15) is 0 Å².